The first-order valence-corrected chi connectivity index (χ1v) is 37.8. The Hall–Kier alpha value is -1.94. The molecule has 0 aliphatic heterocycles. The zero-order valence-electron chi connectivity index (χ0n) is 54.6. The highest BCUT2D eigenvalue weighted by Gasteiger charge is 2.30. The molecule has 0 spiro atoms. The summed E-state index contributed by atoms with van der Waals surface area (Å²) in [5.41, 5.74) is 0. The van der Waals surface area contributed by atoms with Crippen LogP contribution in [0.25, 0.3) is 0 Å². The first-order chi connectivity index (χ1) is 41.2. The van der Waals surface area contributed by atoms with Gasteiger partial charge in [0.15, 0.2) is 12.2 Å². The molecule has 0 heterocycles. The van der Waals surface area contributed by atoms with Crippen molar-refractivity contribution < 1.29 is 80.2 Å². The summed E-state index contributed by atoms with van der Waals surface area (Å²) >= 11 is 0. The van der Waals surface area contributed by atoms with Gasteiger partial charge < -0.3 is 33.8 Å². The summed E-state index contributed by atoms with van der Waals surface area (Å²) in [7, 11) is -9.87. The van der Waals surface area contributed by atoms with Gasteiger partial charge in [0.05, 0.1) is 26.4 Å². The normalized spacial score (nSPS) is 14.1. The van der Waals surface area contributed by atoms with Crippen LogP contribution in [0.1, 0.15) is 342 Å². The molecule has 0 saturated carbocycles. The predicted octanol–water partition coefficient (Wildman–Crippen LogP) is 18.7. The number of unbranched alkanes of at least 4 members (excludes halogenated alkanes) is 41. The first-order valence-electron chi connectivity index (χ1n) is 34.8. The number of hydrogen-bond donors (Lipinski definition) is 3. The second kappa shape index (κ2) is 60.9. The molecule has 19 heteroatoms. The lowest BCUT2D eigenvalue weighted by Crippen LogP contribution is -2.30. The minimum Gasteiger partial charge on any atom is -0.462 e. The van der Waals surface area contributed by atoms with E-state index >= 15 is 0 Å². The molecular formula is C66H128O17P2. The summed E-state index contributed by atoms with van der Waals surface area (Å²) < 4.78 is 67.6. The van der Waals surface area contributed by atoms with Gasteiger partial charge in [0, 0.05) is 25.7 Å². The van der Waals surface area contributed by atoms with Gasteiger partial charge in [0.25, 0.3) is 0 Å². The molecule has 0 rings (SSSR count). The summed E-state index contributed by atoms with van der Waals surface area (Å²) in [6, 6.07) is 0. The van der Waals surface area contributed by atoms with E-state index in [2.05, 4.69) is 27.7 Å². The van der Waals surface area contributed by atoms with E-state index in [4.69, 9.17) is 37.0 Å². The van der Waals surface area contributed by atoms with Crippen LogP contribution in [0.4, 0.5) is 0 Å². The maximum absolute atomic E-state index is 13.0. The summed E-state index contributed by atoms with van der Waals surface area (Å²) in [6.07, 6.45) is 48.2. The van der Waals surface area contributed by atoms with Crippen LogP contribution in [-0.2, 0) is 65.4 Å². The number of phosphoric acid groups is 2. The van der Waals surface area contributed by atoms with Gasteiger partial charge in [-0.3, -0.25) is 37.3 Å². The lowest BCUT2D eigenvalue weighted by atomic mass is 10.0. The molecule has 0 fully saturated rings. The van der Waals surface area contributed by atoms with Gasteiger partial charge in [-0.2, -0.15) is 0 Å². The molecule has 0 amide bonds. The van der Waals surface area contributed by atoms with Crippen LogP contribution in [0.15, 0.2) is 0 Å². The van der Waals surface area contributed by atoms with E-state index in [1.165, 1.54) is 167 Å². The Kier molecular flexibility index (Phi) is 59.6. The molecule has 0 aromatic rings. The predicted molar refractivity (Wildman–Crippen MR) is 340 cm³/mol. The third-order valence-electron chi connectivity index (χ3n) is 15.4. The molecule has 2 unspecified atom stereocenters. The summed E-state index contributed by atoms with van der Waals surface area (Å²) in [5.74, 6) is -2.15. The lowest BCUT2D eigenvalue weighted by molar-refractivity contribution is -0.161. The van der Waals surface area contributed by atoms with E-state index in [9.17, 15) is 43.2 Å². The Labute approximate surface area is 517 Å². The smallest absolute Gasteiger partial charge is 0.462 e. The molecular weight excluding hydrogens is 1130 g/mol. The number of hydrogen-bond acceptors (Lipinski definition) is 15. The third kappa shape index (κ3) is 60.7. The Morgan fingerprint density at radius 1 is 0.282 bits per heavy atom. The zero-order chi connectivity index (χ0) is 62.6. The standard InChI is InChI=1S/C66H128O17P2/c1-5-9-13-17-19-21-23-25-27-28-29-30-31-33-35-37-39-41-45-49-53-66(71)83-62(57-77-64(69)51-47-44-40-38-36-34-32-26-24-22-20-18-14-10-6-2)59-81-85(74,75)79-55-60(67)54-78-84(72,73)80-58-61(82-65(70)52-48-43-16-12-8-4)56-76-63(68)50-46-42-15-11-7-3/h60-62,67H,5-59H2,1-4H3,(H,72,73)(H,74,75)/t60-,61+,62+/m0/s1. The van der Waals surface area contributed by atoms with Crippen LogP contribution in [0.2, 0.25) is 0 Å². The molecule has 3 N–H and O–H groups in total. The SMILES string of the molecule is CCCCCCCCCCCCCCCCCCCCCCC(=O)O[C@H](COC(=O)CCCCCCCCCCCCCCCCC)COP(=O)(O)OC[C@@H](O)COP(=O)(O)OC[C@@H](COC(=O)CCCCCCC)OC(=O)CCCCCCC. The second-order valence-corrected chi connectivity index (χ2v) is 26.8. The van der Waals surface area contributed by atoms with E-state index < -0.39 is 97.5 Å². The average molecular weight is 1260 g/mol. The zero-order valence-corrected chi connectivity index (χ0v) is 56.4. The third-order valence-corrected chi connectivity index (χ3v) is 17.3. The summed E-state index contributed by atoms with van der Waals surface area (Å²) in [5, 5.41) is 10.5. The molecule has 0 aliphatic rings. The molecule has 5 atom stereocenters. The van der Waals surface area contributed by atoms with Crippen molar-refractivity contribution in [3.8, 4) is 0 Å². The monoisotopic (exact) mass is 1250 g/mol. The number of carbonyl (C=O) groups excluding carboxylic acids is 4. The van der Waals surface area contributed by atoms with E-state index in [0.29, 0.717) is 25.7 Å². The topological polar surface area (TPSA) is 237 Å². The molecule has 0 radical (unpaired) electrons. The molecule has 0 aromatic carbocycles. The number of aliphatic hydroxyl groups is 1. The van der Waals surface area contributed by atoms with Crippen molar-refractivity contribution in [1.29, 1.82) is 0 Å². The quantitative estimate of drug-likeness (QED) is 0.0222. The molecule has 504 valence electrons. The van der Waals surface area contributed by atoms with Gasteiger partial charge >= 0.3 is 39.5 Å². The molecule has 0 aromatic heterocycles. The number of ether oxygens (including phenoxy) is 4. The molecule has 0 bridgehead atoms. The fourth-order valence-corrected chi connectivity index (χ4v) is 11.6. The second-order valence-electron chi connectivity index (χ2n) is 23.9. The van der Waals surface area contributed by atoms with Gasteiger partial charge in [-0.1, -0.05) is 291 Å². The summed E-state index contributed by atoms with van der Waals surface area (Å²) in [4.78, 5) is 71.8. The largest absolute Gasteiger partial charge is 0.472 e. The van der Waals surface area contributed by atoms with Crippen molar-refractivity contribution in [3.63, 3.8) is 0 Å². The summed E-state index contributed by atoms with van der Waals surface area (Å²) in [6.45, 7) is 4.73. The Morgan fingerprint density at radius 3 is 0.694 bits per heavy atom. The van der Waals surface area contributed by atoms with Crippen LogP contribution in [0.3, 0.4) is 0 Å². The van der Waals surface area contributed by atoms with Crippen molar-refractivity contribution in [2.45, 2.75) is 361 Å². The fourth-order valence-electron chi connectivity index (χ4n) is 9.99. The van der Waals surface area contributed by atoms with Crippen molar-refractivity contribution >= 4 is 39.5 Å². The molecule has 17 nitrogen and oxygen atoms in total. The van der Waals surface area contributed by atoms with Crippen LogP contribution in [0.5, 0.6) is 0 Å². The lowest BCUT2D eigenvalue weighted by Gasteiger charge is -2.21. The van der Waals surface area contributed by atoms with E-state index in [0.717, 1.165) is 96.3 Å². The molecule has 0 saturated heterocycles. The maximum atomic E-state index is 13.0. The van der Waals surface area contributed by atoms with Crippen molar-refractivity contribution in [1.82, 2.24) is 0 Å². The van der Waals surface area contributed by atoms with Crippen LogP contribution < -0.4 is 0 Å². The van der Waals surface area contributed by atoms with Gasteiger partial charge in [0.1, 0.15) is 19.3 Å². The highest BCUT2D eigenvalue weighted by Crippen LogP contribution is 2.45. The molecule has 0 aliphatic carbocycles. The van der Waals surface area contributed by atoms with E-state index in [-0.39, 0.29) is 25.7 Å². The number of esters is 4. The number of phosphoric ester groups is 2. The van der Waals surface area contributed by atoms with Crippen LogP contribution in [-0.4, -0.2) is 96.7 Å². The maximum Gasteiger partial charge on any atom is 0.472 e. The average Bonchev–Trinajstić information content (AvgIpc) is 3.55. The Balaban J connectivity index is 5.05. The van der Waals surface area contributed by atoms with Gasteiger partial charge in [0.2, 0.25) is 0 Å². The van der Waals surface area contributed by atoms with Gasteiger partial charge in [-0.05, 0) is 25.7 Å². The number of rotatable bonds is 67. The van der Waals surface area contributed by atoms with Gasteiger partial charge in [-0.25, -0.2) is 9.13 Å². The number of carbonyl (C=O) groups is 4. The Bertz CT molecular complexity index is 1640. The highest BCUT2D eigenvalue weighted by atomic mass is 31.2. The number of aliphatic hydroxyl groups excluding tert-OH is 1. The van der Waals surface area contributed by atoms with Crippen LogP contribution >= 0.6 is 15.6 Å². The first kappa shape index (κ1) is 83.1. The van der Waals surface area contributed by atoms with Crippen molar-refractivity contribution in [2.24, 2.45) is 0 Å². The van der Waals surface area contributed by atoms with Crippen molar-refractivity contribution in [3.05, 3.63) is 0 Å². The minimum absolute atomic E-state index is 0.0993. The molecule has 85 heavy (non-hydrogen) atoms. The van der Waals surface area contributed by atoms with E-state index in [1.807, 2.05) is 0 Å². The van der Waals surface area contributed by atoms with E-state index in [1.54, 1.807) is 0 Å². The Morgan fingerprint density at radius 2 is 0.471 bits per heavy atom. The van der Waals surface area contributed by atoms with Crippen molar-refractivity contribution in [2.75, 3.05) is 39.6 Å². The van der Waals surface area contributed by atoms with Crippen LogP contribution in [0, 0.1) is 0 Å². The highest BCUT2D eigenvalue weighted by molar-refractivity contribution is 7.47. The minimum atomic E-state index is -4.94. The van der Waals surface area contributed by atoms with Gasteiger partial charge in [-0.15, -0.1) is 0 Å². The fraction of sp³-hybridized carbons (Fsp3) is 0.939.